The molecule has 1 atom stereocenters. The molecule has 0 fully saturated rings. The first-order valence-electron chi connectivity index (χ1n) is 9.58. The van der Waals surface area contributed by atoms with E-state index in [-0.39, 0.29) is 13.0 Å². The minimum absolute atomic E-state index is 0.144. The predicted molar refractivity (Wildman–Crippen MR) is 78.8 cm³/mol. The first-order chi connectivity index (χ1) is 10.3. The van der Waals surface area contributed by atoms with Gasteiger partial charge in [-0.25, -0.2) is 0 Å². The second-order valence-electron chi connectivity index (χ2n) is 4.93. The highest BCUT2D eigenvalue weighted by atomic mass is 16.3. The zero-order chi connectivity index (χ0) is 17.1. The number of rotatable bonds is 14. The Balaban J connectivity index is 4.10. The van der Waals surface area contributed by atoms with E-state index in [1.807, 2.05) is 6.92 Å². The Labute approximate surface area is 119 Å². The smallest absolute Gasteiger partial charge is 0.0540 e. The standard InChI is InChI=1S/C16H34O2/c1-2-3-10-13-16(18)14-11-8-6-4-5-7-9-12-15-17/h16-18H,2-15H2,1H3/t16-/m1/s1/i11D2,14D2. The average molecular weight is 262 g/mol. The fourth-order valence-corrected chi connectivity index (χ4v) is 1.88. The Morgan fingerprint density at radius 2 is 1.50 bits per heavy atom. The molecule has 110 valence electrons. The third kappa shape index (κ3) is 14.0. The van der Waals surface area contributed by atoms with Crippen molar-refractivity contribution in [3.8, 4) is 0 Å². The van der Waals surface area contributed by atoms with Gasteiger partial charge in [-0.15, -0.1) is 0 Å². The summed E-state index contributed by atoms with van der Waals surface area (Å²) in [4.78, 5) is 0. The van der Waals surface area contributed by atoms with E-state index < -0.39 is 18.8 Å². The van der Waals surface area contributed by atoms with E-state index in [0.29, 0.717) is 12.8 Å². The summed E-state index contributed by atoms with van der Waals surface area (Å²) in [6.07, 6.45) is 3.01. The molecule has 0 bridgehead atoms. The van der Waals surface area contributed by atoms with Gasteiger partial charge in [0.15, 0.2) is 0 Å². The van der Waals surface area contributed by atoms with Crippen molar-refractivity contribution in [2.75, 3.05) is 6.61 Å². The lowest BCUT2D eigenvalue weighted by Gasteiger charge is -2.09. The molecule has 0 amide bonds. The van der Waals surface area contributed by atoms with E-state index in [4.69, 9.17) is 10.6 Å². The molecule has 0 spiro atoms. The highest BCUT2D eigenvalue weighted by Crippen LogP contribution is 2.13. The largest absolute Gasteiger partial charge is 0.396 e. The molecule has 0 rings (SSSR count). The fraction of sp³-hybridized carbons (Fsp3) is 1.00. The van der Waals surface area contributed by atoms with E-state index in [2.05, 4.69) is 0 Å². The van der Waals surface area contributed by atoms with Crippen LogP contribution in [-0.2, 0) is 0 Å². The van der Waals surface area contributed by atoms with Crippen LogP contribution >= 0.6 is 0 Å². The van der Waals surface area contributed by atoms with Crippen LogP contribution in [0.3, 0.4) is 0 Å². The molecule has 0 aliphatic heterocycles. The molecule has 0 aliphatic carbocycles. The molecule has 0 saturated carbocycles. The van der Waals surface area contributed by atoms with Crippen molar-refractivity contribution in [3.05, 3.63) is 0 Å². The Kier molecular flexibility index (Phi) is 9.76. The van der Waals surface area contributed by atoms with Gasteiger partial charge in [-0.2, -0.15) is 0 Å². The van der Waals surface area contributed by atoms with Gasteiger partial charge >= 0.3 is 0 Å². The number of aliphatic hydroxyl groups is 2. The number of hydrogen-bond donors (Lipinski definition) is 2. The average Bonchev–Trinajstić information content (AvgIpc) is 2.46. The summed E-state index contributed by atoms with van der Waals surface area (Å²) in [6, 6.07) is 0. The van der Waals surface area contributed by atoms with Gasteiger partial charge in [-0.05, 0) is 19.2 Å². The van der Waals surface area contributed by atoms with Crippen molar-refractivity contribution < 1.29 is 15.7 Å². The quantitative estimate of drug-likeness (QED) is 0.455. The second kappa shape index (κ2) is 15.0. The first kappa shape index (κ1) is 11.7. The van der Waals surface area contributed by atoms with E-state index in [9.17, 15) is 5.11 Å². The van der Waals surface area contributed by atoms with Gasteiger partial charge in [0.05, 0.1) is 6.10 Å². The van der Waals surface area contributed by atoms with E-state index >= 15 is 0 Å². The molecule has 2 nitrogen and oxygen atoms in total. The van der Waals surface area contributed by atoms with Crippen LogP contribution < -0.4 is 0 Å². The van der Waals surface area contributed by atoms with E-state index in [0.717, 1.165) is 51.4 Å². The molecule has 0 aromatic heterocycles. The summed E-state index contributed by atoms with van der Waals surface area (Å²) in [7, 11) is 0. The van der Waals surface area contributed by atoms with Crippen LogP contribution in [0.5, 0.6) is 0 Å². The van der Waals surface area contributed by atoms with Crippen molar-refractivity contribution in [1.29, 1.82) is 0 Å². The topological polar surface area (TPSA) is 40.5 Å². The first-order valence-corrected chi connectivity index (χ1v) is 7.58. The SMILES string of the molecule is [2H]C([2H])(CCCCCCCCO)C([2H])([2H])[C@H](O)CCCCC. The third-order valence-corrected chi connectivity index (χ3v) is 3.06. The highest BCUT2D eigenvalue weighted by Gasteiger charge is 2.02. The highest BCUT2D eigenvalue weighted by molar-refractivity contribution is 4.56. The fourth-order valence-electron chi connectivity index (χ4n) is 1.88. The van der Waals surface area contributed by atoms with Gasteiger partial charge < -0.3 is 10.2 Å². The van der Waals surface area contributed by atoms with Crippen molar-refractivity contribution in [3.63, 3.8) is 0 Å². The van der Waals surface area contributed by atoms with E-state index in [1.165, 1.54) is 0 Å². The minimum Gasteiger partial charge on any atom is -0.396 e. The van der Waals surface area contributed by atoms with Gasteiger partial charge in [0.2, 0.25) is 0 Å². The molecule has 0 aromatic carbocycles. The number of hydrogen-bond acceptors (Lipinski definition) is 2. The molecule has 0 unspecified atom stereocenters. The van der Waals surface area contributed by atoms with Crippen LogP contribution in [0.25, 0.3) is 0 Å². The molecule has 2 N–H and O–H groups in total. The lowest BCUT2D eigenvalue weighted by Crippen LogP contribution is -2.05. The van der Waals surface area contributed by atoms with Gasteiger partial charge in [0, 0.05) is 12.1 Å². The summed E-state index contributed by atoms with van der Waals surface area (Å²) in [5.74, 6) is 0. The van der Waals surface area contributed by atoms with Gasteiger partial charge in [-0.1, -0.05) is 71.1 Å². The van der Waals surface area contributed by atoms with Crippen molar-refractivity contribution in [2.24, 2.45) is 0 Å². The molecule has 0 saturated heterocycles. The Bertz CT molecular complexity index is 273. The predicted octanol–water partition coefficient (Wildman–Crippen LogP) is 4.43. The van der Waals surface area contributed by atoms with Crippen molar-refractivity contribution >= 4 is 0 Å². The van der Waals surface area contributed by atoms with Gasteiger partial charge in [0.1, 0.15) is 0 Å². The normalized spacial score (nSPS) is 17.7. The Morgan fingerprint density at radius 3 is 2.11 bits per heavy atom. The Morgan fingerprint density at radius 1 is 0.889 bits per heavy atom. The zero-order valence-electron chi connectivity index (χ0n) is 16.0. The molecule has 2 heteroatoms. The van der Waals surface area contributed by atoms with Crippen LogP contribution in [-0.4, -0.2) is 22.9 Å². The molecule has 18 heavy (non-hydrogen) atoms. The summed E-state index contributed by atoms with van der Waals surface area (Å²) < 4.78 is 31.9. The van der Waals surface area contributed by atoms with Crippen LogP contribution in [0, 0.1) is 0 Å². The lowest BCUT2D eigenvalue weighted by atomic mass is 10.0. The summed E-state index contributed by atoms with van der Waals surface area (Å²) in [5, 5.41) is 18.7. The minimum atomic E-state index is -2.20. The maximum absolute atomic E-state index is 10.0. The maximum atomic E-state index is 10.0. The van der Waals surface area contributed by atoms with Crippen LogP contribution in [0.2, 0.25) is 0 Å². The summed E-state index contributed by atoms with van der Waals surface area (Å²) in [5.41, 5.74) is 0. The van der Waals surface area contributed by atoms with Crippen molar-refractivity contribution in [1.82, 2.24) is 0 Å². The molecule has 0 heterocycles. The second-order valence-corrected chi connectivity index (χ2v) is 4.93. The molecular formula is C16H34O2. The lowest BCUT2D eigenvalue weighted by molar-refractivity contribution is 0.147. The van der Waals surface area contributed by atoms with Crippen LogP contribution in [0.4, 0.5) is 0 Å². The summed E-state index contributed by atoms with van der Waals surface area (Å²) >= 11 is 0. The van der Waals surface area contributed by atoms with Gasteiger partial charge in [0.25, 0.3) is 0 Å². The maximum Gasteiger partial charge on any atom is 0.0540 e. The van der Waals surface area contributed by atoms with E-state index in [1.54, 1.807) is 0 Å². The van der Waals surface area contributed by atoms with Crippen LogP contribution in [0.1, 0.15) is 95.8 Å². The zero-order valence-corrected chi connectivity index (χ0v) is 12.0. The molecular weight excluding hydrogens is 224 g/mol. The number of aliphatic hydroxyl groups excluding tert-OH is 2. The van der Waals surface area contributed by atoms with Gasteiger partial charge in [-0.3, -0.25) is 0 Å². The monoisotopic (exact) mass is 262 g/mol. The molecule has 0 aromatic rings. The molecule has 0 aliphatic rings. The number of unbranched alkanes of at least 4 members (excludes halogenated alkanes) is 7. The Hall–Kier alpha value is -0.0800. The van der Waals surface area contributed by atoms with Crippen molar-refractivity contribution in [2.45, 2.75) is 96.4 Å². The summed E-state index contributed by atoms with van der Waals surface area (Å²) in [6.45, 7) is 2.26. The molecule has 0 radical (unpaired) electrons. The van der Waals surface area contributed by atoms with Crippen LogP contribution in [0.15, 0.2) is 0 Å². The third-order valence-electron chi connectivity index (χ3n) is 3.06.